The van der Waals surface area contributed by atoms with Crippen molar-refractivity contribution in [2.24, 2.45) is 0 Å². The predicted octanol–water partition coefficient (Wildman–Crippen LogP) is 2.23. The summed E-state index contributed by atoms with van der Waals surface area (Å²) in [5.74, 6) is 0. The monoisotopic (exact) mass is 173 g/mol. The average Bonchev–Trinajstić information content (AvgIpc) is 2.14. The highest BCUT2D eigenvalue weighted by Crippen LogP contribution is 2.14. The van der Waals surface area contributed by atoms with Crippen LogP contribution in [0.2, 0.25) is 0 Å². The molecule has 2 atom stereocenters. The van der Waals surface area contributed by atoms with Gasteiger partial charge in [-0.15, -0.1) is 0 Å². The molecule has 2 unspecified atom stereocenters. The van der Waals surface area contributed by atoms with Crippen molar-refractivity contribution < 1.29 is 0 Å². The fourth-order valence-electron chi connectivity index (χ4n) is 1.71. The van der Waals surface area contributed by atoms with E-state index < -0.39 is 0 Å². The Morgan fingerprint density at radius 1 is 1.45 bits per heavy atom. The van der Waals surface area contributed by atoms with Gasteiger partial charge in [-0.05, 0) is 25.8 Å². The Hall–Kier alpha value is 0.310. The van der Waals surface area contributed by atoms with Gasteiger partial charge in [0, 0.05) is 11.3 Å². The van der Waals surface area contributed by atoms with E-state index in [1.807, 2.05) is 0 Å². The first-order valence-corrected chi connectivity index (χ1v) is 5.22. The van der Waals surface area contributed by atoms with Crippen LogP contribution in [0.15, 0.2) is 0 Å². The first kappa shape index (κ1) is 9.40. The zero-order valence-corrected chi connectivity index (χ0v) is 8.24. The zero-order chi connectivity index (χ0) is 8.10. The van der Waals surface area contributed by atoms with Crippen LogP contribution in [0.5, 0.6) is 0 Å². The summed E-state index contributed by atoms with van der Waals surface area (Å²) in [7, 11) is 0. The molecule has 1 saturated heterocycles. The minimum atomic E-state index is 0.547. The van der Waals surface area contributed by atoms with Gasteiger partial charge in [0.1, 0.15) is 0 Å². The van der Waals surface area contributed by atoms with Gasteiger partial charge in [0.15, 0.2) is 0 Å². The molecule has 1 nitrogen and oxygen atoms in total. The maximum absolute atomic E-state index is 4.40. The van der Waals surface area contributed by atoms with Gasteiger partial charge in [-0.25, -0.2) is 0 Å². The van der Waals surface area contributed by atoms with E-state index in [-0.39, 0.29) is 0 Å². The standard InChI is InChI=1S/C9H19NS/c1-8(11)7-9-5-3-2-4-6-10-9/h8-11H,2-7H2,1H3. The van der Waals surface area contributed by atoms with Crippen LogP contribution in [0.4, 0.5) is 0 Å². The van der Waals surface area contributed by atoms with Crippen LogP contribution < -0.4 is 5.32 Å². The van der Waals surface area contributed by atoms with Crippen LogP contribution in [0.3, 0.4) is 0 Å². The molecule has 66 valence electrons. The fourth-order valence-corrected chi connectivity index (χ4v) is 1.97. The molecule has 1 rings (SSSR count). The van der Waals surface area contributed by atoms with E-state index in [1.54, 1.807) is 0 Å². The molecule has 2 heteroatoms. The van der Waals surface area contributed by atoms with Crippen molar-refractivity contribution in [3.63, 3.8) is 0 Å². The second-order valence-electron chi connectivity index (χ2n) is 3.59. The second-order valence-corrected chi connectivity index (χ2v) is 4.47. The van der Waals surface area contributed by atoms with Gasteiger partial charge in [0.2, 0.25) is 0 Å². The number of rotatable bonds is 2. The molecular formula is C9H19NS. The summed E-state index contributed by atoms with van der Waals surface area (Å²) in [5.41, 5.74) is 0. The zero-order valence-electron chi connectivity index (χ0n) is 7.34. The topological polar surface area (TPSA) is 12.0 Å². The van der Waals surface area contributed by atoms with Gasteiger partial charge in [0.05, 0.1) is 0 Å². The molecule has 0 saturated carbocycles. The second kappa shape index (κ2) is 5.04. The maximum Gasteiger partial charge on any atom is 0.00774 e. The fraction of sp³-hybridized carbons (Fsp3) is 1.00. The van der Waals surface area contributed by atoms with E-state index in [4.69, 9.17) is 0 Å². The van der Waals surface area contributed by atoms with E-state index in [1.165, 1.54) is 38.6 Å². The Morgan fingerprint density at radius 2 is 2.27 bits per heavy atom. The predicted molar refractivity (Wildman–Crippen MR) is 53.3 cm³/mol. The van der Waals surface area contributed by atoms with Gasteiger partial charge < -0.3 is 5.32 Å². The van der Waals surface area contributed by atoms with Crippen LogP contribution >= 0.6 is 12.6 Å². The van der Waals surface area contributed by atoms with Gasteiger partial charge in [-0.2, -0.15) is 12.6 Å². The molecule has 1 N–H and O–H groups in total. The molecule has 1 heterocycles. The van der Waals surface area contributed by atoms with Crippen LogP contribution in [0.1, 0.15) is 39.0 Å². The quantitative estimate of drug-likeness (QED) is 0.610. The summed E-state index contributed by atoms with van der Waals surface area (Å²) in [5, 5.41) is 4.11. The molecule has 0 aromatic carbocycles. The average molecular weight is 173 g/mol. The van der Waals surface area contributed by atoms with Crippen molar-refractivity contribution in [2.45, 2.75) is 50.3 Å². The first-order chi connectivity index (χ1) is 5.29. The molecule has 0 spiro atoms. The highest BCUT2D eigenvalue weighted by atomic mass is 32.1. The lowest BCUT2D eigenvalue weighted by molar-refractivity contribution is 0.479. The van der Waals surface area contributed by atoms with E-state index in [0.717, 1.165) is 6.04 Å². The largest absolute Gasteiger partial charge is 0.314 e. The Balaban J connectivity index is 2.20. The van der Waals surface area contributed by atoms with Gasteiger partial charge in [-0.1, -0.05) is 19.8 Å². The van der Waals surface area contributed by atoms with Crippen molar-refractivity contribution >= 4 is 12.6 Å². The summed E-state index contributed by atoms with van der Waals surface area (Å²) >= 11 is 4.40. The van der Waals surface area contributed by atoms with Crippen molar-refractivity contribution in [3.8, 4) is 0 Å². The molecule has 0 aromatic heterocycles. The highest BCUT2D eigenvalue weighted by Gasteiger charge is 2.12. The number of nitrogens with one attached hydrogen (secondary N) is 1. The third-order valence-corrected chi connectivity index (χ3v) is 2.50. The van der Waals surface area contributed by atoms with Crippen molar-refractivity contribution in [3.05, 3.63) is 0 Å². The van der Waals surface area contributed by atoms with E-state index in [2.05, 4.69) is 24.9 Å². The lowest BCUT2D eigenvalue weighted by Crippen LogP contribution is -2.30. The summed E-state index contributed by atoms with van der Waals surface area (Å²) in [6.45, 7) is 3.39. The molecule has 0 amide bonds. The first-order valence-electron chi connectivity index (χ1n) is 4.70. The van der Waals surface area contributed by atoms with Gasteiger partial charge in [0.25, 0.3) is 0 Å². The Labute approximate surface area is 75.4 Å². The maximum atomic E-state index is 4.40. The van der Waals surface area contributed by atoms with Crippen molar-refractivity contribution in [1.29, 1.82) is 0 Å². The third kappa shape index (κ3) is 4.02. The van der Waals surface area contributed by atoms with Crippen molar-refractivity contribution in [1.82, 2.24) is 5.32 Å². The van der Waals surface area contributed by atoms with Crippen LogP contribution in [-0.4, -0.2) is 17.8 Å². The summed E-state index contributed by atoms with van der Waals surface area (Å²) in [4.78, 5) is 0. The third-order valence-electron chi connectivity index (χ3n) is 2.29. The van der Waals surface area contributed by atoms with Crippen molar-refractivity contribution in [2.75, 3.05) is 6.54 Å². The Bertz CT molecular complexity index is 95.7. The SMILES string of the molecule is CC(S)CC1CCCCCN1. The number of hydrogen-bond acceptors (Lipinski definition) is 2. The van der Waals surface area contributed by atoms with Crippen LogP contribution in [0.25, 0.3) is 0 Å². The number of hydrogen-bond donors (Lipinski definition) is 2. The van der Waals surface area contributed by atoms with E-state index in [0.29, 0.717) is 5.25 Å². The normalized spacial score (nSPS) is 29.5. The summed E-state index contributed by atoms with van der Waals surface area (Å²) in [6, 6.07) is 0.741. The molecule has 1 aliphatic heterocycles. The van der Waals surface area contributed by atoms with Gasteiger partial charge >= 0.3 is 0 Å². The summed E-state index contributed by atoms with van der Waals surface area (Å²) in [6.07, 6.45) is 6.74. The minimum absolute atomic E-state index is 0.547. The Kier molecular flexibility index (Phi) is 4.31. The van der Waals surface area contributed by atoms with Crippen LogP contribution in [-0.2, 0) is 0 Å². The molecule has 1 aliphatic rings. The van der Waals surface area contributed by atoms with E-state index >= 15 is 0 Å². The molecule has 0 aromatic rings. The van der Waals surface area contributed by atoms with E-state index in [9.17, 15) is 0 Å². The molecule has 1 fully saturated rings. The molecule has 0 bridgehead atoms. The molecular weight excluding hydrogens is 154 g/mol. The lowest BCUT2D eigenvalue weighted by Gasteiger charge is -2.16. The van der Waals surface area contributed by atoms with Crippen LogP contribution in [0, 0.1) is 0 Å². The molecule has 0 aliphatic carbocycles. The highest BCUT2D eigenvalue weighted by molar-refractivity contribution is 7.80. The number of thiol groups is 1. The molecule has 0 radical (unpaired) electrons. The smallest absolute Gasteiger partial charge is 0.00774 e. The minimum Gasteiger partial charge on any atom is -0.314 e. The molecule has 11 heavy (non-hydrogen) atoms. The lowest BCUT2D eigenvalue weighted by atomic mass is 10.1. The Morgan fingerprint density at radius 3 is 3.00 bits per heavy atom. The van der Waals surface area contributed by atoms with Gasteiger partial charge in [-0.3, -0.25) is 0 Å². The summed E-state index contributed by atoms with van der Waals surface area (Å²) < 4.78 is 0.